The molecule has 1 N–H and O–H groups in total. The van der Waals surface area contributed by atoms with Crippen molar-refractivity contribution in [3.8, 4) is 0 Å². The van der Waals surface area contributed by atoms with Crippen molar-refractivity contribution in [2.75, 3.05) is 5.32 Å². The van der Waals surface area contributed by atoms with E-state index in [0.717, 1.165) is 6.42 Å². The summed E-state index contributed by atoms with van der Waals surface area (Å²) in [5.74, 6) is -0.128. The van der Waals surface area contributed by atoms with Crippen LogP contribution in [0.2, 0.25) is 0 Å². The smallest absolute Gasteiger partial charge is 0.262 e. The van der Waals surface area contributed by atoms with Gasteiger partial charge in [0.15, 0.2) is 10.9 Å². The van der Waals surface area contributed by atoms with Crippen molar-refractivity contribution in [2.24, 2.45) is 0 Å². The molecule has 1 atom stereocenters. The number of rotatable bonds is 9. The van der Waals surface area contributed by atoms with Gasteiger partial charge < -0.3 is 5.32 Å². The molecule has 2 aromatic carbocycles. The number of para-hydroxylation sites is 1. The lowest BCUT2D eigenvalue weighted by atomic mass is 10.1. The molecule has 0 saturated heterocycles. The predicted molar refractivity (Wildman–Crippen MR) is 126 cm³/mol. The van der Waals surface area contributed by atoms with Gasteiger partial charge in [-0.25, -0.2) is 4.98 Å². The molecule has 0 bridgehead atoms. The fraction of sp³-hybridized carbons (Fsp3) is 0.250. The van der Waals surface area contributed by atoms with Crippen LogP contribution in [0.25, 0.3) is 10.9 Å². The normalized spacial score (nSPS) is 11.8. The highest BCUT2D eigenvalue weighted by molar-refractivity contribution is 8.00. The van der Waals surface area contributed by atoms with Crippen LogP contribution in [-0.2, 0) is 11.3 Å². The second-order valence-corrected chi connectivity index (χ2v) is 8.42. The number of thioether (sulfide) groups is 1. The van der Waals surface area contributed by atoms with Gasteiger partial charge in [-0.3, -0.25) is 19.0 Å². The standard InChI is InChI=1S/C24H25N3O3S/c1-4-8-21(28)25-18-13-11-17(12-14-18)22(29)16(3)31-24-26-20-10-7-6-9-19(20)23(30)27(24)15-5-2/h5-7,9-14,16H,2,4,8,15H2,1,3H3,(H,25,28). The molecule has 31 heavy (non-hydrogen) atoms. The third-order valence-electron chi connectivity index (χ3n) is 4.72. The molecule has 1 aromatic heterocycles. The van der Waals surface area contributed by atoms with Gasteiger partial charge in [0.05, 0.1) is 16.2 Å². The van der Waals surface area contributed by atoms with Crippen LogP contribution in [0.15, 0.2) is 71.1 Å². The van der Waals surface area contributed by atoms with Gasteiger partial charge in [0, 0.05) is 24.2 Å². The number of carbonyl (C=O) groups excluding carboxylic acids is 2. The van der Waals surface area contributed by atoms with Gasteiger partial charge in [-0.15, -0.1) is 6.58 Å². The van der Waals surface area contributed by atoms with Gasteiger partial charge in [0.1, 0.15) is 0 Å². The maximum atomic E-state index is 13.0. The average molecular weight is 436 g/mol. The maximum absolute atomic E-state index is 13.0. The molecule has 160 valence electrons. The number of benzene rings is 2. The highest BCUT2D eigenvalue weighted by Crippen LogP contribution is 2.25. The Morgan fingerprint density at radius 2 is 1.90 bits per heavy atom. The molecule has 0 saturated carbocycles. The van der Waals surface area contributed by atoms with E-state index in [1.165, 1.54) is 16.3 Å². The summed E-state index contributed by atoms with van der Waals surface area (Å²) in [6.07, 6.45) is 2.87. The van der Waals surface area contributed by atoms with Crippen molar-refractivity contribution in [2.45, 2.75) is 43.6 Å². The fourth-order valence-electron chi connectivity index (χ4n) is 3.14. The number of nitrogens with one attached hydrogen (secondary N) is 1. The Kier molecular flexibility index (Phi) is 7.41. The second kappa shape index (κ2) is 10.2. The summed E-state index contributed by atoms with van der Waals surface area (Å²) in [6, 6.07) is 14.0. The van der Waals surface area contributed by atoms with Gasteiger partial charge in [0.25, 0.3) is 5.56 Å². The lowest BCUT2D eigenvalue weighted by Crippen LogP contribution is -2.24. The largest absolute Gasteiger partial charge is 0.326 e. The minimum atomic E-state index is -0.454. The van der Waals surface area contributed by atoms with Gasteiger partial charge >= 0.3 is 0 Å². The predicted octanol–water partition coefficient (Wildman–Crippen LogP) is 4.68. The van der Waals surface area contributed by atoms with Crippen LogP contribution in [0.4, 0.5) is 5.69 Å². The van der Waals surface area contributed by atoms with Crippen LogP contribution in [0.5, 0.6) is 0 Å². The highest BCUT2D eigenvalue weighted by Gasteiger charge is 2.20. The monoisotopic (exact) mass is 435 g/mol. The molecule has 6 nitrogen and oxygen atoms in total. The van der Waals surface area contributed by atoms with E-state index in [-0.39, 0.29) is 17.2 Å². The second-order valence-electron chi connectivity index (χ2n) is 7.12. The van der Waals surface area contributed by atoms with E-state index < -0.39 is 5.25 Å². The molecule has 1 amide bonds. The summed E-state index contributed by atoms with van der Waals surface area (Å²) in [5.41, 5.74) is 1.64. The summed E-state index contributed by atoms with van der Waals surface area (Å²) < 4.78 is 1.54. The van der Waals surface area contributed by atoms with E-state index in [0.29, 0.717) is 40.3 Å². The first-order chi connectivity index (χ1) is 14.9. The first-order valence-electron chi connectivity index (χ1n) is 10.2. The van der Waals surface area contributed by atoms with Crippen LogP contribution < -0.4 is 10.9 Å². The van der Waals surface area contributed by atoms with Crippen molar-refractivity contribution in [3.05, 3.63) is 77.1 Å². The molecule has 0 spiro atoms. The van der Waals surface area contributed by atoms with E-state index in [4.69, 9.17) is 0 Å². The Morgan fingerprint density at radius 3 is 2.58 bits per heavy atom. The number of hydrogen-bond acceptors (Lipinski definition) is 5. The molecule has 0 aliphatic rings. The van der Waals surface area contributed by atoms with E-state index in [1.54, 1.807) is 55.5 Å². The Bertz CT molecular complexity index is 1170. The molecule has 3 aromatic rings. The molecule has 1 unspecified atom stereocenters. The molecule has 3 rings (SSSR count). The summed E-state index contributed by atoms with van der Waals surface area (Å²) in [7, 11) is 0. The van der Waals surface area contributed by atoms with Crippen LogP contribution in [-0.4, -0.2) is 26.5 Å². The quantitative estimate of drug-likeness (QED) is 0.228. The molecular formula is C24H25N3O3S. The van der Waals surface area contributed by atoms with Crippen molar-refractivity contribution in [3.63, 3.8) is 0 Å². The molecule has 7 heteroatoms. The summed E-state index contributed by atoms with van der Waals surface area (Å²) in [4.78, 5) is 42.2. The first kappa shape index (κ1) is 22.5. The Morgan fingerprint density at radius 1 is 1.19 bits per heavy atom. The summed E-state index contributed by atoms with van der Waals surface area (Å²) in [5, 5.41) is 3.37. The zero-order chi connectivity index (χ0) is 22.4. The third kappa shape index (κ3) is 5.30. The number of Topliss-reactive ketones (excluding diaryl/α,β-unsaturated/α-hetero) is 1. The number of aromatic nitrogens is 2. The lowest BCUT2D eigenvalue weighted by Gasteiger charge is -2.15. The number of allylic oxidation sites excluding steroid dienone is 1. The zero-order valence-corrected chi connectivity index (χ0v) is 18.4. The van der Waals surface area contributed by atoms with Gasteiger partial charge in [0.2, 0.25) is 5.91 Å². The van der Waals surface area contributed by atoms with Crippen LogP contribution in [0.1, 0.15) is 37.0 Å². The van der Waals surface area contributed by atoms with Gasteiger partial charge in [-0.2, -0.15) is 0 Å². The first-order valence-corrected chi connectivity index (χ1v) is 11.0. The molecule has 1 heterocycles. The molecule has 0 aliphatic carbocycles. The number of hydrogen-bond donors (Lipinski definition) is 1. The molecule has 0 radical (unpaired) electrons. The van der Waals surface area contributed by atoms with E-state index in [9.17, 15) is 14.4 Å². The highest BCUT2D eigenvalue weighted by atomic mass is 32.2. The fourth-order valence-corrected chi connectivity index (χ4v) is 4.14. The van der Waals surface area contributed by atoms with Crippen LogP contribution in [0.3, 0.4) is 0 Å². The van der Waals surface area contributed by atoms with E-state index in [2.05, 4.69) is 16.9 Å². The molecular weight excluding hydrogens is 410 g/mol. The van der Waals surface area contributed by atoms with Crippen LogP contribution >= 0.6 is 11.8 Å². The maximum Gasteiger partial charge on any atom is 0.262 e. The Hall–Kier alpha value is -3.19. The van der Waals surface area contributed by atoms with Crippen molar-refractivity contribution in [1.82, 2.24) is 9.55 Å². The number of amides is 1. The minimum absolute atomic E-state index is 0.0481. The van der Waals surface area contributed by atoms with Crippen molar-refractivity contribution >= 4 is 40.0 Å². The number of fused-ring (bicyclic) bond motifs is 1. The third-order valence-corrected chi connectivity index (χ3v) is 5.81. The van der Waals surface area contributed by atoms with E-state index in [1.807, 2.05) is 13.0 Å². The SMILES string of the molecule is C=CCn1c(SC(C)C(=O)c2ccc(NC(=O)CCC)cc2)nc2ccccc2c1=O. The topological polar surface area (TPSA) is 81.1 Å². The summed E-state index contributed by atoms with van der Waals surface area (Å²) >= 11 is 1.25. The number of ketones is 1. The number of anilines is 1. The van der Waals surface area contributed by atoms with Gasteiger partial charge in [-0.1, -0.05) is 36.9 Å². The molecule has 0 fully saturated rings. The zero-order valence-electron chi connectivity index (χ0n) is 17.6. The average Bonchev–Trinajstić information content (AvgIpc) is 2.76. The number of carbonyl (C=O) groups is 2. The minimum Gasteiger partial charge on any atom is -0.326 e. The van der Waals surface area contributed by atoms with E-state index >= 15 is 0 Å². The van der Waals surface area contributed by atoms with Crippen molar-refractivity contribution < 1.29 is 9.59 Å². The van der Waals surface area contributed by atoms with Crippen LogP contribution in [0, 0.1) is 0 Å². The lowest BCUT2D eigenvalue weighted by molar-refractivity contribution is -0.116. The Labute approximate surface area is 185 Å². The Balaban J connectivity index is 1.81. The molecule has 0 aliphatic heterocycles. The number of nitrogens with zero attached hydrogens (tertiary/aromatic N) is 2. The summed E-state index contributed by atoms with van der Waals surface area (Å²) in [6.45, 7) is 7.78. The van der Waals surface area contributed by atoms with Gasteiger partial charge in [-0.05, 0) is 49.7 Å². The van der Waals surface area contributed by atoms with Crippen molar-refractivity contribution in [1.29, 1.82) is 0 Å².